The van der Waals surface area contributed by atoms with Gasteiger partial charge < -0.3 is 10.6 Å². The summed E-state index contributed by atoms with van der Waals surface area (Å²) < 4.78 is 1.76. The Kier molecular flexibility index (Phi) is 5.81. The van der Waals surface area contributed by atoms with Crippen LogP contribution in [0.1, 0.15) is 5.56 Å². The van der Waals surface area contributed by atoms with Gasteiger partial charge in [-0.05, 0) is 48.1 Å². The van der Waals surface area contributed by atoms with Crippen LogP contribution in [-0.2, 0) is 6.54 Å². The number of nitrogens with zero attached hydrogens (tertiary/aromatic N) is 2. The predicted octanol–water partition coefficient (Wildman–Crippen LogP) is 5.70. The van der Waals surface area contributed by atoms with E-state index >= 15 is 0 Å². The first kappa shape index (κ1) is 18.0. The summed E-state index contributed by atoms with van der Waals surface area (Å²) in [6, 6.07) is 12.7. The maximum Gasteiger partial charge on any atom is 0.175 e. The van der Waals surface area contributed by atoms with Gasteiger partial charge in [0.05, 0.1) is 18.4 Å². The van der Waals surface area contributed by atoms with Gasteiger partial charge in [-0.2, -0.15) is 5.10 Å². The van der Waals surface area contributed by atoms with E-state index in [2.05, 4.69) is 15.7 Å². The van der Waals surface area contributed by atoms with E-state index in [0.717, 1.165) is 16.9 Å². The third kappa shape index (κ3) is 5.09. The molecule has 0 bridgehead atoms. The van der Waals surface area contributed by atoms with Crippen LogP contribution in [0.2, 0.25) is 15.1 Å². The number of rotatable bonds is 4. The Labute approximate surface area is 165 Å². The van der Waals surface area contributed by atoms with Crippen LogP contribution in [0.15, 0.2) is 54.9 Å². The summed E-state index contributed by atoms with van der Waals surface area (Å²) in [6.07, 6.45) is 3.53. The monoisotopic (exact) mass is 410 g/mol. The van der Waals surface area contributed by atoms with Crippen molar-refractivity contribution in [1.29, 1.82) is 0 Å². The van der Waals surface area contributed by atoms with E-state index in [0.29, 0.717) is 26.7 Å². The van der Waals surface area contributed by atoms with Crippen LogP contribution in [0, 0.1) is 0 Å². The molecule has 0 spiro atoms. The van der Waals surface area contributed by atoms with E-state index in [4.69, 9.17) is 47.0 Å². The Morgan fingerprint density at radius 3 is 2.52 bits per heavy atom. The Balaban J connectivity index is 1.62. The van der Waals surface area contributed by atoms with Crippen molar-refractivity contribution in [1.82, 2.24) is 9.78 Å². The maximum absolute atomic E-state index is 6.19. The standard InChI is InChI=1S/C17H13Cl3N4S/c18-12-2-1-3-14(6-12)22-17(25)23-15-8-21-24(10-15)9-11-4-5-13(19)7-16(11)20/h1-8,10H,9H2,(H2,22,23,25). The largest absolute Gasteiger partial charge is 0.332 e. The van der Waals surface area contributed by atoms with Crippen molar-refractivity contribution in [3.63, 3.8) is 0 Å². The summed E-state index contributed by atoms with van der Waals surface area (Å²) in [7, 11) is 0. The zero-order chi connectivity index (χ0) is 17.8. The highest BCUT2D eigenvalue weighted by molar-refractivity contribution is 7.80. The normalized spacial score (nSPS) is 10.5. The Bertz CT molecular complexity index is 910. The lowest BCUT2D eigenvalue weighted by Gasteiger charge is -2.09. The molecule has 25 heavy (non-hydrogen) atoms. The van der Waals surface area contributed by atoms with Gasteiger partial charge in [-0.3, -0.25) is 4.68 Å². The molecule has 0 aliphatic carbocycles. The Morgan fingerprint density at radius 2 is 1.76 bits per heavy atom. The molecule has 0 unspecified atom stereocenters. The van der Waals surface area contributed by atoms with Crippen LogP contribution in [0.3, 0.4) is 0 Å². The van der Waals surface area contributed by atoms with Crippen molar-refractivity contribution in [3.05, 3.63) is 75.5 Å². The number of aromatic nitrogens is 2. The van der Waals surface area contributed by atoms with Crippen LogP contribution in [0.25, 0.3) is 0 Å². The zero-order valence-corrected chi connectivity index (χ0v) is 15.9. The highest BCUT2D eigenvalue weighted by Crippen LogP contribution is 2.22. The van der Waals surface area contributed by atoms with Crippen LogP contribution in [0.5, 0.6) is 0 Å². The van der Waals surface area contributed by atoms with Gasteiger partial charge in [-0.15, -0.1) is 0 Å². The molecule has 1 aromatic heterocycles. The number of anilines is 2. The molecular formula is C17H13Cl3N4S. The number of halogens is 3. The molecule has 0 radical (unpaired) electrons. The summed E-state index contributed by atoms with van der Waals surface area (Å²) in [5, 5.41) is 12.8. The molecular weight excluding hydrogens is 399 g/mol. The molecule has 2 aromatic carbocycles. The van der Waals surface area contributed by atoms with E-state index in [-0.39, 0.29) is 0 Å². The van der Waals surface area contributed by atoms with Crippen molar-refractivity contribution in [2.24, 2.45) is 0 Å². The summed E-state index contributed by atoms with van der Waals surface area (Å²) in [4.78, 5) is 0. The molecule has 1 heterocycles. The second-order valence-corrected chi connectivity index (χ2v) is 6.94. The quantitative estimate of drug-likeness (QED) is 0.540. The van der Waals surface area contributed by atoms with Crippen molar-refractivity contribution in [2.45, 2.75) is 6.54 Å². The molecule has 0 atom stereocenters. The first-order valence-corrected chi connectivity index (χ1v) is 8.84. The second kappa shape index (κ2) is 8.06. The van der Waals surface area contributed by atoms with Crippen LogP contribution in [-0.4, -0.2) is 14.9 Å². The maximum atomic E-state index is 6.19. The average Bonchev–Trinajstić information content (AvgIpc) is 2.97. The van der Waals surface area contributed by atoms with E-state index in [1.165, 1.54) is 0 Å². The van der Waals surface area contributed by atoms with E-state index in [9.17, 15) is 0 Å². The summed E-state index contributed by atoms with van der Waals surface area (Å²) >= 11 is 23.4. The number of benzene rings is 2. The third-order valence-corrected chi connectivity index (χ3v) is 4.35. The lowest BCUT2D eigenvalue weighted by atomic mass is 10.2. The molecule has 0 saturated carbocycles. The van der Waals surface area contributed by atoms with Gasteiger partial charge >= 0.3 is 0 Å². The molecule has 8 heteroatoms. The van der Waals surface area contributed by atoms with E-state index in [1.807, 2.05) is 24.4 Å². The van der Waals surface area contributed by atoms with Gasteiger partial charge in [0.25, 0.3) is 0 Å². The minimum atomic E-state index is 0.450. The number of hydrogen-bond acceptors (Lipinski definition) is 2. The molecule has 4 nitrogen and oxygen atoms in total. The van der Waals surface area contributed by atoms with Crippen molar-refractivity contribution >= 4 is 63.5 Å². The van der Waals surface area contributed by atoms with E-state index < -0.39 is 0 Å². The van der Waals surface area contributed by atoms with Gasteiger partial charge in [-0.25, -0.2) is 0 Å². The molecule has 0 saturated heterocycles. The molecule has 0 amide bonds. The molecule has 0 aliphatic heterocycles. The SMILES string of the molecule is S=C(Nc1cccc(Cl)c1)Nc1cnn(Cc2ccc(Cl)cc2Cl)c1. The molecule has 2 N–H and O–H groups in total. The summed E-state index contributed by atoms with van der Waals surface area (Å²) in [5.74, 6) is 0. The van der Waals surface area contributed by atoms with Gasteiger partial charge in [0.1, 0.15) is 0 Å². The third-order valence-electron chi connectivity index (χ3n) is 3.32. The van der Waals surface area contributed by atoms with Crippen LogP contribution in [0.4, 0.5) is 11.4 Å². The predicted molar refractivity (Wildman–Crippen MR) is 109 cm³/mol. The lowest BCUT2D eigenvalue weighted by molar-refractivity contribution is 0.687. The smallest absolute Gasteiger partial charge is 0.175 e. The van der Waals surface area contributed by atoms with Crippen molar-refractivity contribution in [3.8, 4) is 0 Å². The lowest BCUT2D eigenvalue weighted by Crippen LogP contribution is -2.18. The summed E-state index contributed by atoms with van der Waals surface area (Å²) in [6.45, 7) is 0.534. The van der Waals surface area contributed by atoms with Gasteiger partial charge in [-0.1, -0.05) is 46.9 Å². The number of nitrogens with one attached hydrogen (secondary N) is 2. The minimum Gasteiger partial charge on any atom is -0.332 e. The number of hydrogen-bond donors (Lipinski definition) is 2. The topological polar surface area (TPSA) is 41.9 Å². The average molecular weight is 412 g/mol. The molecule has 128 valence electrons. The van der Waals surface area contributed by atoms with Gasteiger partial charge in [0, 0.05) is 27.0 Å². The first-order chi connectivity index (χ1) is 12.0. The summed E-state index contributed by atoms with van der Waals surface area (Å²) in [5.41, 5.74) is 2.51. The van der Waals surface area contributed by atoms with Crippen molar-refractivity contribution in [2.75, 3.05) is 10.6 Å². The molecule has 0 fully saturated rings. The fourth-order valence-corrected chi connectivity index (χ4v) is 3.09. The van der Waals surface area contributed by atoms with Gasteiger partial charge in [0.15, 0.2) is 5.11 Å². The molecule has 3 aromatic rings. The fraction of sp³-hybridized carbons (Fsp3) is 0.0588. The van der Waals surface area contributed by atoms with Gasteiger partial charge in [0.2, 0.25) is 0 Å². The Hall–Kier alpha value is -1.79. The molecule has 0 aliphatic rings. The van der Waals surface area contributed by atoms with Crippen LogP contribution >= 0.6 is 47.0 Å². The molecule has 3 rings (SSSR count). The second-order valence-electron chi connectivity index (χ2n) is 5.25. The van der Waals surface area contributed by atoms with E-state index in [1.54, 1.807) is 35.1 Å². The van der Waals surface area contributed by atoms with Crippen LogP contribution < -0.4 is 10.6 Å². The highest BCUT2D eigenvalue weighted by Gasteiger charge is 2.06. The van der Waals surface area contributed by atoms with Crippen molar-refractivity contribution < 1.29 is 0 Å². The highest BCUT2D eigenvalue weighted by atomic mass is 35.5. The minimum absolute atomic E-state index is 0.450. The first-order valence-electron chi connectivity index (χ1n) is 7.29. The fourth-order valence-electron chi connectivity index (χ4n) is 2.20. The zero-order valence-electron chi connectivity index (χ0n) is 12.8. The number of thiocarbonyl (C=S) groups is 1. The Morgan fingerprint density at radius 1 is 1.00 bits per heavy atom.